The fourth-order valence-electron chi connectivity index (χ4n) is 2.51. The van der Waals surface area contributed by atoms with Crippen LogP contribution in [-0.4, -0.2) is 35.4 Å². The van der Waals surface area contributed by atoms with E-state index < -0.39 is 0 Å². The van der Waals surface area contributed by atoms with Crippen LogP contribution in [0.2, 0.25) is 5.02 Å². The Morgan fingerprint density at radius 3 is 2.96 bits per heavy atom. The highest BCUT2D eigenvalue weighted by Gasteiger charge is 2.28. The molecule has 0 radical (unpaired) electrons. The number of ether oxygens (including phenoxy) is 1. The van der Waals surface area contributed by atoms with Crippen LogP contribution in [-0.2, 0) is 4.74 Å². The lowest BCUT2D eigenvalue weighted by Crippen LogP contribution is -2.46. The maximum Gasteiger partial charge on any atom is 0.257 e. The third kappa shape index (κ3) is 3.67. The summed E-state index contributed by atoms with van der Waals surface area (Å²) in [5.41, 5.74) is 1.14. The number of amides is 1. The van der Waals surface area contributed by atoms with Crippen molar-refractivity contribution >= 4 is 29.0 Å². The highest BCUT2D eigenvalue weighted by atomic mass is 35.5. The van der Waals surface area contributed by atoms with Gasteiger partial charge in [-0.05, 0) is 30.7 Å². The first-order valence-corrected chi connectivity index (χ1v) is 7.89. The van der Waals surface area contributed by atoms with Crippen molar-refractivity contribution in [1.29, 1.82) is 5.26 Å². The summed E-state index contributed by atoms with van der Waals surface area (Å²) in [6.07, 6.45) is 2.06. The second-order valence-corrected chi connectivity index (χ2v) is 5.91. The Bertz CT molecular complexity index is 753. The average Bonchev–Trinajstić information content (AvgIpc) is 3.05. The molecule has 1 saturated heterocycles. The van der Waals surface area contributed by atoms with Crippen LogP contribution in [0, 0.1) is 17.2 Å². The number of anilines is 2. The molecule has 2 atom stereocenters. The number of hydrogen-bond donors (Lipinski definition) is 3. The van der Waals surface area contributed by atoms with Crippen LogP contribution in [0.4, 0.5) is 11.5 Å². The number of benzene rings is 1. The van der Waals surface area contributed by atoms with Gasteiger partial charge in [0.25, 0.3) is 5.91 Å². The molecule has 2 heterocycles. The van der Waals surface area contributed by atoms with E-state index in [-0.39, 0.29) is 17.9 Å². The van der Waals surface area contributed by atoms with E-state index in [1.54, 1.807) is 24.3 Å². The molecule has 24 heavy (non-hydrogen) atoms. The first-order chi connectivity index (χ1) is 11.7. The third-order valence-corrected chi connectivity index (χ3v) is 4.09. The molecule has 0 spiro atoms. The van der Waals surface area contributed by atoms with Gasteiger partial charge in [0.15, 0.2) is 0 Å². The molecular formula is C16H16ClN5O2. The Morgan fingerprint density at radius 1 is 1.42 bits per heavy atom. The van der Waals surface area contributed by atoms with E-state index >= 15 is 0 Å². The molecule has 1 aliphatic rings. The standard InChI is InChI=1S/C16H16ClN5O2/c17-11-1-3-12(4-2-11)20-15-13(8-19-22-15)16(23)21-14-9-24-6-5-10(14)7-18/h1-4,8,10,14H,5-6,9H2,(H,21,23)(H2,19,20,22). The molecule has 8 heteroatoms. The van der Waals surface area contributed by atoms with Crippen LogP contribution in [0.5, 0.6) is 0 Å². The van der Waals surface area contributed by atoms with Gasteiger partial charge in [-0.2, -0.15) is 10.4 Å². The Kier molecular flexibility index (Phi) is 4.99. The monoisotopic (exact) mass is 345 g/mol. The fourth-order valence-corrected chi connectivity index (χ4v) is 2.64. The zero-order chi connectivity index (χ0) is 16.9. The molecule has 1 amide bonds. The smallest absolute Gasteiger partial charge is 0.257 e. The highest BCUT2D eigenvalue weighted by Crippen LogP contribution is 2.21. The SMILES string of the molecule is N#CC1CCOCC1NC(=O)c1cn[nH]c1Nc1ccc(Cl)cc1. The molecule has 1 aliphatic heterocycles. The Morgan fingerprint density at radius 2 is 2.21 bits per heavy atom. The van der Waals surface area contributed by atoms with Gasteiger partial charge in [0, 0.05) is 17.3 Å². The molecule has 0 aliphatic carbocycles. The summed E-state index contributed by atoms with van der Waals surface area (Å²) < 4.78 is 5.35. The Balaban J connectivity index is 1.71. The van der Waals surface area contributed by atoms with Gasteiger partial charge in [0.1, 0.15) is 11.4 Å². The van der Waals surface area contributed by atoms with Crippen molar-refractivity contribution < 1.29 is 9.53 Å². The normalized spacial score (nSPS) is 20.2. The predicted octanol–water partition coefficient (Wildman–Crippen LogP) is 2.47. The summed E-state index contributed by atoms with van der Waals surface area (Å²) in [6.45, 7) is 0.876. The van der Waals surface area contributed by atoms with Crippen molar-refractivity contribution in [3.8, 4) is 6.07 Å². The largest absolute Gasteiger partial charge is 0.379 e. The molecule has 0 bridgehead atoms. The number of H-pyrrole nitrogens is 1. The minimum Gasteiger partial charge on any atom is -0.379 e. The average molecular weight is 346 g/mol. The number of halogens is 1. The van der Waals surface area contributed by atoms with Crippen LogP contribution in [0.1, 0.15) is 16.8 Å². The van der Waals surface area contributed by atoms with Gasteiger partial charge in [0.2, 0.25) is 0 Å². The minimum absolute atomic E-state index is 0.248. The van der Waals surface area contributed by atoms with Gasteiger partial charge in [-0.1, -0.05) is 11.6 Å². The fraction of sp³-hybridized carbons (Fsp3) is 0.312. The van der Waals surface area contributed by atoms with Gasteiger partial charge < -0.3 is 15.4 Å². The molecule has 1 fully saturated rings. The van der Waals surface area contributed by atoms with E-state index in [1.165, 1.54) is 6.20 Å². The summed E-state index contributed by atoms with van der Waals surface area (Å²) >= 11 is 5.86. The van der Waals surface area contributed by atoms with E-state index in [4.69, 9.17) is 16.3 Å². The summed E-state index contributed by atoms with van der Waals surface area (Å²) in [4.78, 5) is 12.5. The van der Waals surface area contributed by atoms with Crippen molar-refractivity contribution in [3.63, 3.8) is 0 Å². The molecule has 3 N–H and O–H groups in total. The van der Waals surface area contributed by atoms with Crippen molar-refractivity contribution in [2.24, 2.45) is 5.92 Å². The molecule has 1 aromatic heterocycles. The number of hydrogen-bond acceptors (Lipinski definition) is 5. The van der Waals surface area contributed by atoms with Crippen LogP contribution in [0.25, 0.3) is 0 Å². The Hall–Kier alpha value is -2.56. The molecular weight excluding hydrogens is 330 g/mol. The number of nitriles is 1. The summed E-state index contributed by atoms with van der Waals surface area (Å²) in [7, 11) is 0. The Labute approximate surface area is 144 Å². The molecule has 0 saturated carbocycles. The van der Waals surface area contributed by atoms with Crippen LogP contribution in [0.15, 0.2) is 30.5 Å². The number of nitrogens with zero attached hydrogens (tertiary/aromatic N) is 2. The van der Waals surface area contributed by atoms with Crippen molar-refractivity contribution in [1.82, 2.24) is 15.5 Å². The molecule has 1 aromatic carbocycles. The second kappa shape index (κ2) is 7.34. The van der Waals surface area contributed by atoms with Gasteiger partial charge in [-0.3, -0.25) is 9.89 Å². The minimum atomic E-state index is -0.325. The predicted molar refractivity (Wildman–Crippen MR) is 89.1 cm³/mol. The quantitative estimate of drug-likeness (QED) is 0.789. The van der Waals surface area contributed by atoms with Crippen molar-refractivity contribution in [2.45, 2.75) is 12.5 Å². The lowest BCUT2D eigenvalue weighted by molar-refractivity contribution is 0.0472. The summed E-state index contributed by atoms with van der Waals surface area (Å²) in [6, 6.07) is 8.98. The molecule has 3 rings (SSSR count). The van der Waals surface area contributed by atoms with E-state index in [2.05, 4.69) is 26.9 Å². The number of carbonyl (C=O) groups is 1. The molecule has 124 valence electrons. The number of aromatic amines is 1. The lowest BCUT2D eigenvalue weighted by atomic mass is 9.96. The van der Waals surface area contributed by atoms with Crippen molar-refractivity contribution in [2.75, 3.05) is 18.5 Å². The van der Waals surface area contributed by atoms with Crippen molar-refractivity contribution in [3.05, 3.63) is 41.0 Å². The van der Waals surface area contributed by atoms with E-state index in [1.807, 2.05) is 0 Å². The van der Waals surface area contributed by atoms with E-state index in [0.717, 1.165) is 5.69 Å². The molecule has 2 aromatic rings. The van der Waals surface area contributed by atoms with Crippen LogP contribution in [0.3, 0.4) is 0 Å². The zero-order valence-corrected chi connectivity index (χ0v) is 13.5. The maximum atomic E-state index is 12.5. The zero-order valence-electron chi connectivity index (χ0n) is 12.8. The summed E-state index contributed by atoms with van der Waals surface area (Å²) in [5, 5.41) is 22.4. The van der Waals surface area contributed by atoms with Crippen LogP contribution < -0.4 is 10.6 Å². The number of carbonyl (C=O) groups excluding carboxylic acids is 1. The summed E-state index contributed by atoms with van der Waals surface area (Å²) in [5.74, 6) is -0.0849. The highest BCUT2D eigenvalue weighted by molar-refractivity contribution is 6.30. The number of aromatic nitrogens is 2. The molecule has 2 unspecified atom stereocenters. The second-order valence-electron chi connectivity index (χ2n) is 5.47. The van der Waals surface area contributed by atoms with Gasteiger partial charge in [0.05, 0.1) is 30.8 Å². The van der Waals surface area contributed by atoms with Gasteiger partial charge in [-0.15, -0.1) is 0 Å². The number of nitrogens with one attached hydrogen (secondary N) is 3. The van der Waals surface area contributed by atoms with Gasteiger partial charge in [-0.25, -0.2) is 0 Å². The molecule has 7 nitrogen and oxygen atoms in total. The van der Waals surface area contributed by atoms with E-state index in [0.29, 0.717) is 36.0 Å². The first-order valence-electron chi connectivity index (χ1n) is 7.51. The topological polar surface area (TPSA) is 103 Å². The number of rotatable bonds is 4. The maximum absolute atomic E-state index is 12.5. The van der Waals surface area contributed by atoms with E-state index in [9.17, 15) is 10.1 Å². The lowest BCUT2D eigenvalue weighted by Gasteiger charge is -2.27. The third-order valence-electron chi connectivity index (χ3n) is 3.84. The van der Waals surface area contributed by atoms with Crippen LogP contribution >= 0.6 is 11.6 Å². The first kappa shape index (κ1) is 16.3. The van der Waals surface area contributed by atoms with Gasteiger partial charge >= 0.3 is 0 Å².